The third-order valence-corrected chi connectivity index (χ3v) is 4.53. The van der Waals surface area contributed by atoms with Crippen molar-refractivity contribution in [1.82, 2.24) is 0 Å². The normalized spacial score (nSPS) is 12.6. The molecule has 0 aliphatic heterocycles. The first-order valence-electron chi connectivity index (χ1n) is 4.08. The number of carbonyl (C=O) groups excluding carboxylic acids is 1. The van der Waals surface area contributed by atoms with Crippen molar-refractivity contribution in [3.8, 4) is 0 Å². The van der Waals surface area contributed by atoms with Crippen LogP contribution in [-0.2, 0) is 0 Å². The van der Waals surface area contributed by atoms with Gasteiger partial charge in [-0.15, -0.1) is 11.8 Å². The van der Waals surface area contributed by atoms with E-state index in [1.165, 1.54) is 0 Å². The number of rotatable bonds is 3. The Kier molecular flexibility index (Phi) is 4.93. The maximum Gasteiger partial charge on any atom is 0.177 e. The summed E-state index contributed by atoms with van der Waals surface area (Å²) in [6.45, 7) is 1.85. The van der Waals surface area contributed by atoms with Gasteiger partial charge in [0.1, 0.15) is 0 Å². The van der Waals surface area contributed by atoms with Gasteiger partial charge >= 0.3 is 0 Å². The third-order valence-electron chi connectivity index (χ3n) is 1.81. The SMILES string of the molecule is CSc1cccc(C(=O)C(C)Br)c1I. The number of thioether (sulfide) groups is 1. The van der Waals surface area contributed by atoms with E-state index in [0.717, 1.165) is 14.0 Å². The van der Waals surface area contributed by atoms with Crippen LogP contribution in [0.5, 0.6) is 0 Å². The van der Waals surface area contributed by atoms with E-state index in [9.17, 15) is 4.79 Å². The zero-order chi connectivity index (χ0) is 10.7. The molecular weight excluding hydrogens is 375 g/mol. The Morgan fingerprint density at radius 1 is 1.57 bits per heavy atom. The molecule has 14 heavy (non-hydrogen) atoms. The number of hydrogen-bond donors (Lipinski definition) is 0. The zero-order valence-electron chi connectivity index (χ0n) is 7.88. The fourth-order valence-electron chi connectivity index (χ4n) is 1.07. The summed E-state index contributed by atoms with van der Waals surface area (Å²) in [5.41, 5.74) is 0.807. The van der Waals surface area contributed by atoms with Gasteiger partial charge < -0.3 is 0 Å². The number of benzene rings is 1. The van der Waals surface area contributed by atoms with Crippen molar-refractivity contribution in [2.24, 2.45) is 0 Å². The number of ketones is 1. The first-order chi connectivity index (χ1) is 6.57. The average molecular weight is 385 g/mol. The van der Waals surface area contributed by atoms with Gasteiger partial charge in [0.25, 0.3) is 0 Å². The molecule has 0 aromatic heterocycles. The molecule has 0 saturated heterocycles. The topological polar surface area (TPSA) is 17.1 Å². The van der Waals surface area contributed by atoms with Crippen LogP contribution in [-0.4, -0.2) is 16.9 Å². The van der Waals surface area contributed by atoms with Gasteiger partial charge in [-0.05, 0) is 41.8 Å². The molecule has 0 saturated carbocycles. The second kappa shape index (κ2) is 5.51. The highest BCUT2D eigenvalue weighted by Crippen LogP contribution is 2.26. The first-order valence-corrected chi connectivity index (χ1v) is 7.30. The van der Waals surface area contributed by atoms with Gasteiger partial charge in [-0.1, -0.05) is 28.1 Å². The number of hydrogen-bond acceptors (Lipinski definition) is 2. The molecule has 0 bridgehead atoms. The zero-order valence-corrected chi connectivity index (χ0v) is 12.4. The van der Waals surface area contributed by atoms with Crippen LogP contribution in [0.15, 0.2) is 23.1 Å². The molecule has 1 rings (SSSR count). The maximum absolute atomic E-state index is 11.8. The molecule has 4 heteroatoms. The summed E-state index contributed by atoms with van der Waals surface area (Å²) in [5.74, 6) is 0.144. The maximum atomic E-state index is 11.8. The van der Waals surface area contributed by atoms with E-state index in [4.69, 9.17) is 0 Å². The highest BCUT2D eigenvalue weighted by molar-refractivity contribution is 14.1. The van der Waals surface area contributed by atoms with Gasteiger partial charge in [0.2, 0.25) is 0 Å². The van der Waals surface area contributed by atoms with Crippen molar-refractivity contribution >= 4 is 56.1 Å². The van der Waals surface area contributed by atoms with E-state index in [1.807, 2.05) is 31.4 Å². The summed E-state index contributed by atoms with van der Waals surface area (Å²) >= 11 is 7.19. The largest absolute Gasteiger partial charge is 0.293 e. The molecule has 1 nitrogen and oxygen atoms in total. The van der Waals surface area contributed by atoms with Crippen molar-refractivity contribution in [3.05, 3.63) is 27.3 Å². The third kappa shape index (κ3) is 2.73. The van der Waals surface area contributed by atoms with Crippen LogP contribution in [0.1, 0.15) is 17.3 Å². The molecule has 0 fully saturated rings. The van der Waals surface area contributed by atoms with Gasteiger partial charge in [0, 0.05) is 14.0 Å². The minimum atomic E-state index is -0.117. The van der Waals surface area contributed by atoms with Crippen LogP contribution in [0.25, 0.3) is 0 Å². The summed E-state index contributed by atoms with van der Waals surface area (Å²) in [6, 6.07) is 5.83. The summed E-state index contributed by atoms with van der Waals surface area (Å²) in [5, 5.41) is 0. The van der Waals surface area contributed by atoms with E-state index in [1.54, 1.807) is 11.8 Å². The van der Waals surface area contributed by atoms with Gasteiger partial charge in [-0.2, -0.15) is 0 Å². The van der Waals surface area contributed by atoms with Crippen LogP contribution >= 0.6 is 50.3 Å². The van der Waals surface area contributed by atoms with E-state index >= 15 is 0 Å². The molecule has 0 N–H and O–H groups in total. The van der Waals surface area contributed by atoms with E-state index in [-0.39, 0.29) is 10.6 Å². The van der Waals surface area contributed by atoms with Crippen molar-refractivity contribution in [1.29, 1.82) is 0 Å². The Morgan fingerprint density at radius 2 is 2.21 bits per heavy atom. The van der Waals surface area contributed by atoms with E-state index < -0.39 is 0 Å². The molecule has 0 amide bonds. The minimum absolute atomic E-state index is 0.117. The Hall–Kier alpha value is 0.450. The number of alkyl halides is 1. The Labute approximate surface area is 110 Å². The fraction of sp³-hybridized carbons (Fsp3) is 0.300. The van der Waals surface area contributed by atoms with Crippen LogP contribution in [0, 0.1) is 3.57 Å². The van der Waals surface area contributed by atoms with Crippen molar-refractivity contribution < 1.29 is 4.79 Å². The monoisotopic (exact) mass is 384 g/mol. The summed E-state index contributed by atoms with van der Waals surface area (Å²) < 4.78 is 1.05. The van der Waals surface area contributed by atoms with E-state index in [2.05, 4.69) is 38.5 Å². The molecule has 1 atom stereocenters. The van der Waals surface area contributed by atoms with E-state index in [0.29, 0.717) is 0 Å². The molecule has 0 aliphatic carbocycles. The van der Waals surface area contributed by atoms with Gasteiger partial charge in [-0.3, -0.25) is 4.79 Å². The molecule has 0 heterocycles. The second-order valence-corrected chi connectivity index (χ2v) is 6.10. The lowest BCUT2D eigenvalue weighted by Gasteiger charge is -2.08. The number of carbonyl (C=O) groups is 1. The predicted molar refractivity (Wildman–Crippen MR) is 73.7 cm³/mol. The molecule has 76 valence electrons. The second-order valence-electron chi connectivity index (χ2n) is 2.80. The number of halogens is 2. The van der Waals surface area contributed by atoms with Crippen LogP contribution in [0.3, 0.4) is 0 Å². The molecule has 1 aromatic carbocycles. The van der Waals surface area contributed by atoms with Crippen LogP contribution < -0.4 is 0 Å². The minimum Gasteiger partial charge on any atom is -0.293 e. The van der Waals surface area contributed by atoms with Crippen LogP contribution in [0.4, 0.5) is 0 Å². The predicted octanol–water partition coefficient (Wildman–Crippen LogP) is 3.98. The summed E-state index contributed by atoms with van der Waals surface area (Å²) in [7, 11) is 0. The Morgan fingerprint density at radius 3 is 2.71 bits per heavy atom. The first kappa shape index (κ1) is 12.5. The Bertz CT molecular complexity index is 352. The van der Waals surface area contributed by atoms with Gasteiger partial charge in [0.05, 0.1) is 4.83 Å². The standard InChI is InChI=1S/C10H10BrIOS/c1-6(11)10(13)7-4-3-5-8(14-2)9(7)12/h3-6H,1-2H3. The molecular formula is C10H10BrIOS. The molecule has 1 unspecified atom stereocenters. The highest BCUT2D eigenvalue weighted by Gasteiger charge is 2.16. The van der Waals surface area contributed by atoms with Crippen molar-refractivity contribution in [2.45, 2.75) is 16.6 Å². The molecule has 1 aromatic rings. The van der Waals surface area contributed by atoms with Crippen molar-refractivity contribution in [3.63, 3.8) is 0 Å². The quantitative estimate of drug-likeness (QED) is 0.339. The van der Waals surface area contributed by atoms with Gasteiger partial charge in [-0.25, -0.2) is 0 Å². The lowest BCUT2D eigenvalue weighted by molar-refractivity contribution is 0.0994. The summed E-state index contributed by atoms with van der Waals surface area (Å²) in [6.07, 6.45) is 2.02. The molecule has 0 spiro atoms. The number of Topliss-reactive ketones (excluding diaryl/α,β-unsaturated/α-hetero) is 1. The molecule has 0 aliphatic rings. The average Bonchev–Trinajstić information content (AvgIpc) is 2.17. The van der Waals surface area contributed by atoms with Gasteiger partial charge in [0.15, 0.2) is 5.78 Å². The lowest BCUT2D eigenvalue weighted by atomic mass is 10.1. The Balaban J connectivity index is 3.16. The molecule has 0 radical (unpaired) electrons. The van der Waals surface area contributed by atoms with Crippen LogP contribution in [0.2, 0.25) is 0 Å². The lowest BCUT2D eigenvalue weighted by Crippen LogP contribution is -2.11. The highest BCUT2D eigenvalue weighted by atomic mass is 127. The smallest absolute Gasteiger partial charge is 0.177 e. The fourth-order valence-corrected chi connectivity index (χ4v) is 3.11. The van der Waals surface area contributed by atoms with Crippen molar-refractivity contribution in [2.75, 3.05) is 6.26 Å². The summed E-state index contributed by atoms with van der Waals surface area (Å²) in [4.78, 5) is 12.8.